The summed E-state index contributed by atoms with van der Waals surface area (Å²) >= 11 is 0. The van der Waals surface area contributed by atoms with E-state index in [1.54, 1.807) is 4.90 Å². The molecule has 10 nitrogen and oxygen atoms in total. The summed E-state index contributed by atoms with van der Waals surface area (Å²) < 4.78 is 27.4. The molecule has 188 valence electrons. The highest BCUT2D eigenvalue weighted by Crippen LogP contribution is 2.40. The maximum Gasteiger partial charge on any atom is 0.339 e. The van der Waals surface area contributed by atoms with E-state index in [0.29, 0.717) is 6.42 Å². The van der Waals surface area contributed by atoms with E-state index in [9.17, 15) is 19.2 Å². The fraction of sp³-hybridized carbons (Fsp3) is 0.520. The molecule has 0 saturated carbocycles. The third-order valence-electron chi connectivity index (χ3n) is 5.95. The van der Waals surface area contributed by atoms with Gasteiger partial charge in [-0.05, 0) is 24.0 Å². The minimum absolute atomic E-state index is 0.0698. The number of esters is 4. The highest BCUT2D eigenvalue weighted by atomic mass is 16.7. The van der Waals surface area contributed by atoms with Crippen molar-refractivity contribution in [2.75, 3.05) is 13.7 Å². The van der Waals surface area contributed by atoms with Crippen LogP contribution in [0.15, 0.2) is 24.3 Å². The summed E-state index contributed by atoms with van der Waals surface area (Å²) in [5, 5.41) is 0. The average Bonchev–Trinajstić information content (AvgIpc) is 3.22. The maximum absolute atomic E-state index is 12.7. The first-order valence-corrected chi connectivity index (χ1v) is 11.2. The molecule has 0 radical (unpaired) electrons. The summed E-state index contributed by atoms with van der Waals surface area (Å²) in [5.41, 5.74) is 2.16. The number of carbonyl (C=O) groups is 4. The second-order valence-corrected chi connectivity index (χ2v) is 8.32. The van der Waals surface area contributed by atoms with Crippen LogP contribution in [0.5, 0.6) is 0 Å². The minimum Gasteiger partial charge on any atom is -0.467 e. The van der Waals surface area contributed by atoms with Crippen LogP contribution in [0.2, 0.25) is 0 Å². The van der Waals surface area contributed by atoms with E-state index >= 15 is 0 Å². The van der Waals surface area contributed by atoms with Crippen LogP contribution in [0.3, 0.4) is 0 Å². The van der Waals surface area contributed by atoms with E-state index in [1.807, 2.05) is 24.3 Å². The van der Waals surface area contributed by atoms with E-state index in [0.717, 1.165) is 38.5 Å². The summed E-state index contributed by atoms with van der Waals surface area (Å²) in [4.78, 5) is 50.5. The molecule has 10 heteroatoms. The molecule has 0 N–H and O–H groups in total. The zero-order chi connectivity index (χ0) is 25.7. The second kappa shape index (κ2) is 11.3. The molecule has 0 unspecified atom stereocenters. The molecule has 0 spiro atoms. The molecule has 0 aromatic heterocycles. The lowest BCUT2D eigenvalue weighted by molar-refractivity contribution is -0.275. The Kier molecular flexibility index (Phi) is 8.48. The first kappa shape index (κ1) is 26.2. The first-order chi connectivity index (χ1) is 16.7. The van der Waals surface area contributed by atoms with Gasteiger partial charge in [0.15, 0.2) is 30.6 Å². The number of aryl methyl sites for hydroxylation is 1. The van der Waals surface area contributed by atoms with Gasteiger partial charge in [0, 0.05) is 26.8 Å². The lowest BCUT2D eigenvalue weighted by Crippen LogP contribution is -2.67. The van der Waals surface area contributed by atoms with Gasteiger partial charge in [-0.1, -0.05) is 30.2 Å². The quantitative estimate of drug-likeness (QED) is 0.316. The third-order valence-corrected chi connectivity index (χ3v) is 5.95. The van der Waals surface area contributed by atoms with Crippen LogP contribution < -0.4 is 0 Å². The van der Waals surface area contributed by atoms with Crippen molar-refractivity contribution >= 4 is 23.9 Å². The van der Waals surface area contributed by atoms with Gasteiger partial charge < -0.3 is 23.7 Å². The Labute approximate surface area is 203 Å². The van der Waals surface area contributed by atoms with Crippen LogP contribution in [0.25, 0.3) is 0 Å². The number of hydrogen-bond acceptors (Lipinski definition) is 10. The Hall–Kier alpha value is -3.42. The molecule has 1 aromatic rings. The predicted octanol–water partition coefficient (Wildman–Crippen LogP) is 1.30. The number of hydrogen-bond donors (Lipinski definition) is 0. The zero-order valence-electron chi connectivity index (χ0n) is 20.1. The molecule has 2 aliphatic rings. The number of rotatable bonds is 7. The molecule has 1 fully saturated rings. The van der Waals surface area contributed by atoms with E-state index in [1.165, 1.54) is 6.92 Å². The molecular weight excluding hydrogens is 458 g/mol. The van der Waals surface area contributed by atoms with Crippen molar-refractivity contribution in [2.24, 2.45) is 0 Å². The number of methoxy groups -OCH3 is 1. The zero-order valence-corrected chi connectivity index (χ0v) is 20.1. The van der Waals surface area contributed by atoms with Crippen LogP contribution in [0, 0.1) is 12.3 Å². The van der Waals surface area contributed by atoms with Crippen LogP contribution in [-0.2, 0) is 49.3 Å². The summed E-state index contributed by atoms with van der Waals surface area (Å²) in [6, 6.07) is 7.62. The number of fused-ring (bicyclic) bond motifs is 1. The van der Waals surface area contributed by atoms with Crippen molar-refractivity contribution in [3.8, 4) is 12.3 Å². The van der Waals surface area contributed by atoms with Crippen LogP contribution in [0.4, 0.5) is 0 Å². The van der Waals surface area contributed by atoms with Gasteiger partial charge in [0.1, 0.15) is 0 Å². The van der Waals surface area contributed by atoms with Crippen molar-refractivity contribution in [1.82, 2.24) is 4.90 Å². The molecular formula is C25H29NO9. The molecule has 1 aliphatic carbocycles. The van der Waals surface area contributed by atoms with E-state index in [-0.39, 0.29) is 12.6 Å². The fourth-order valence-corrected chi connectivity index (χ4v) is 4.72. The molecule has 0 bridgehead atoms. The van der Waals surface area contributed by atoms with Gasteiger partial charge in [0.2, 0.25) is 0 Å². The van der Waals surface area contributed by atoms with Crippen LogP contribution in [0.1, 0.15) is 44.4 Å². The Morgan fingerprint density at radius 2 is 1.60 bits per heavy atom. The third kappa shape index (κ3) is 5.81. The Morgan fingerprint density at radius 3 is 2.20 bits per heavy atom. The van der Waals surface area contributed by atoms with Crippen molar-refractivity contribution in [1.29, 1.82) is 0 Å². The highest BCUT2D eigenvalue weighted by molar-refractivity contribution is 5.77. The Bertz CT molecular complexity index is 1020. The van der Waals surface area contributed by atoms with E-state index in [4.69, 9.17) is 30.1 Å². The van der Waals surface area contributed by atoms with Crippen molar-refractivity contribution in [3.63, 3.8) is 0 Å². The average molecular weight is 488 g/mol. The number of benzene rings is 1. The van der Waals surface area contributed by atoms with Gasteiger partial charge in [-0.3, -0.25) is 19.3 Å². The molecule has 1 aliphatic heterocycles. The number of carbonyl (C=O) groups excluding carboxylic acids is 4. The van der Waals surface area contributed by atoms with Crippen molar-refractivity contribution < 1.29 is 42.9 Å². The summed E-state index contributed by atoms with van der Waals surface area (Å²) in [6.07, 6.45) is 0.548. The molecule has 0 amide bonds. The molecule has 1 saturated heterocycles. The van der Waals surface area contributed by atoms with Gasteiger partial charge >= 0.3 is 23.9 Å². The molecule has 1 heterocycles. The normalized spacial score (nSPS) is 27.3. The summed E-state index contributed by atoms with van der Waals surface area (Å²) in [6.45, 7) is 3.54. The Balaban J connectivity index is 2.12. The largest absolute Gasteiger partial charge is 0.467 e. The molecule has 1 aromatic carbocycles. The second-order valence-electron chi connectivity index (χ2n) is 8.32. The number of ether oxygens (including phenoxy) is 5. The van der Waals surface area contributed by atoms with Gasteiger partial charge in [0.25, 0.3) is 0 Å². The number of nitrogens with zero attached hydrogens (tertiary/aromatic N) is 1. The van der Waals surface area contributed by atoms with E-state index in [2.05, 4.69) is 5.92 Å². The van der Waals surface area contributed by atoms with Crippen molar-refractivity contribution in [3.05, 3.63) is 35.4 Å². The van der Waals surface area contributed by atoms with Gasteiger partial charge in [0.05, 0.1) is 13.7 Å². The van der Waals surface area contributed by atoms with Crippen LogP contribution >= 0.6 is 0 Å². The maximum atomic E-state index is 12.7. The van der Waals surface area contributed by atoms with Gasteiger partial charge in [-0.25, -0.2) is 4.79 Å². The van der Waals surface area contributed by atoms with Gasteiger partial charge in [-0.15, -0.1) is 6.42 Å². The van der Waals surface area contributed by atoms with Crippen LogP contribution in [-0.4, -0.2) is 73.1 Å². The predicted molar refractivity (Wildman–Crippen MR) is 120 cm³/mol. The smallest absolute Gasteiger partial charge is 0.339 e. The number of terminal acetylenes is 1. The minimum atomic E-state index is -1.47. The highest BCUT2D eigenvalue weighted by Gasteiger charge is 2.57. The summed E-state index contributed by atoms with van der Waals surface area (Å²) in [5.74, 6) is -0.431. The lowest BCUT2D eigenvalue weighted by Gasteiger charge is -2.48. The summed E-state index contributed by atoms with van der Waals surface area (Å²) in [7, 11) is 1.15. The topological polar surface area (TPSA) is 118 Å². The SMILES string of the molecule is C#CCN([C@@H]1CCc2ccccc21)[C@@H]1O[C@H](C(=O)OC)[C@@H](OC(C)=O)[C@H](OC(C)=O)[C@H]1OC(C)=O. The van der Waals surface area contributed by atoms with Gasteiger partial charge in [-0.2, -0.15) is 0 Å². The molecule has 3 rings (SSSR count). The standard InChI is InChI=1S/C25H29NO9/c1-6-13-26(19-12-11-17-9-7-8-10-18(17)19)24-22(34-16(4)29)20(32-14(2)27)21(33-15(3)28)23(35-24)25(30)31-5/h1,7-10,19-24H,11-13H2,2-5H3/t19-,20+,21+,22-,23+,24-/m1/s1. The van der Waals surface area contributed by atoms with Crippen molar-refractivity contribution in [2.45, 2.75) is 70.3 Å². The van der Waals surface area contributed by atoms with E-state index < -0.39 is 54.5 Å². The first-order valence-electron chi connectivity index (χ1n) is 11.2. The monoisotopic (exact) mass is 487 g/mol. The lowest BCUT2D eigenvalue weighted by atomic mass is 9.95. The molecule has 35 heavy (non-hydrogen) atoms. The Morgan fingerprint density at radius 1 is 1.00 bits per heavy atom. The fourth-order valence-electron chi connectivity index (χ4n) is 4.72. The molecule has 6 atom stereocenters.